The fourth-order valence-electron chi connectivity index (χ4n) is 2.24. The van der Waals surface area contributed by atoms with Gasteiger partial charge in [-0.15, -0.1) is 0 Å². The lowest BCUT2D eigenvalue weighted by molar-refractivity contribution is 0.396. The molecular formula is C17H17ClN6O2. The first kappa shape index (κ1) is 17.6. The lowest BCUT2D eigenvalue weighted by Crippen LogP contribution is -2.06. The minimum absolute atomic E-state index is 0.326. The predicted molar refractivity (Wildman–Crippen MR) is 102 cm³/mol. The van der Waals surface area contributed by atoms with E-state index in [9.17, 15) is 0 Å². The number of methoxy groups -OCH3 is 2. The Labute approximate surface area is 155 Å². The molecule has 134 valence electrons. The molecule has 0 spiro atoms. The van der Waals surface area contributed by atoms with Crippen molar-refractivity contribution < 1.29 is 9.47 Å². The van der Waals surface area contributed by atoms with E-state index >= 15 is 0 Å². The van der Waals surface area contributed by atoms with Crippen molar-refractivity contribution in [3.8, 4) is 11.5 Å². The van der Waals surface area contributed by atoms with Crippen molar-refractivity contribution in [2.75, 3.05) is 30.6 Å². The van der Waals surface area contributed by atoms with Crippen molar-refractivity contribution in [2.45, 2.75) is 0 Å². The molecule has 0 bridgehead atoms. The molecule has 3 aromatic rings. The number of nitrogens with zero attached hydrogens (tertiary/aromatic N) is 3. The van der Waals surface area contributed by atoms with E-state index in [0.29, 0.717) is 45.4 Å². The number of nitrogens with one attached hydrogen (secondary N) is 2. The SMILES string of the molecule is COc1cc(OC)c(Nc2ncnc(Nc3ccccn3)c2N)cc1Cl. The van der Waals surface area contributed by atoms with Crippen LogP contribution >= 0.6 is 11.6 Å². The van der Waals surface area contributed by atoms with Gasteiger partial charge in [0, 0.05) is 12.3 Å². The summed E-state index contributed by atoms with van der Waals surface area (Å²) in [6.07, 6.45) is 3.06. The summed E-state index contributed by atoms with van der Waals surface area (Å²) < 4.78 is 10.6. The van der Waals surface area contributed by atoms with E-state index in [0.717, 1.165) is 0 Å². The van der Waals surface area contributed by atoms with E-state index in [4.69, 9.17) is 26.8 Å². The van der Waals surface area contributed by atoms with Crippen LogP contribution in [0.15, 0.2) is 42.9 Å². The van der Waals surface area contributed by atoms with E-state index in [1.165, 1.54) is 13.4 Å². The molecule has 0 aliphatic heterocycles. The Hall–Kier alpha value is -3.26. The van der Waals surface area contributed by atoms with Gasteiger partial charge in [-0.2, -0.15) is 0 Å². The topological polar surface area (TPSA) is 107 Å². The normalized spacial score (nSPS) is 10.3. The second-order valence-corrected chi connectivity index (χ2v) is 5.54. The average Bonchev–Trinajstić information content (AvgIpc) is 2.66. The molecule has 0 radical (unpaired) electrons. The molecular weight excluding hydrogens is 356 g/mol. The molecule has 8 nitrogen and oxygen atoms in total. The van der Waals surface area contributed by atoms with Gasteiger partial charge in [0.15, 0.2) is 11.6 Å². The molecule has 1 aromatic carbocycles. The van der Waals surface area contributed by atoms with Gasteiger partial charge in [-0.3, -0.25) is 0 Å². The van der Waals surface area contributed by atoms with E-state index in [1.54, 1.807) is 31.5 Å². The van der Waals surface area contributed by atoms with Gasteiger partial charge < -0.3 is 25.8 Å². The maximum absolute atomic E-state index is 6.20. The monoisotopic (exact) mass is 372 g/mol. The molecule has 26 heavy (non-hydrogen) atoms. The summed E-state index contributed by atoms with van der Waals surface area (Å²) in [5, 5.41) is 6.59. The number of benzene rings is 1. The lowest BCUT2D eigenvalue weighted by Gasteiger charge is -2.15. The molecule has 0 amide bonds. The molecule has 4 N–H and O–H groups in total. The number of aromatic nitrogens is 3. The number of nitrogen functional groups attached to an aromatic ring is 1. The van der Waals surface area contributed by atoms with E-state index in [-0.39, 0.29) is 0 Å². The first-order valence-electron chi connectivity index (χ1n) is 7.59. The molecule has 0 aliphatic carbocycles. The number of ether oxygens (including phenoxy) is 2. The van der Waals surface area contributed by atoms with Crippen molar-refractivity contribution in [1.82, 2.24) is 15.0 Å². The van der Waals surface area contributed by atoms with Crippen LogP contribution < -0.4 is 25.8 Å². The van der Waals surface area contributed by atoms with Crippen molar-refractivity contribution in [1.29, 1.82) is 0 Å². The third-order valence-corrected chi connectivity index (χ3v) is 3.82. The highest BCUT2D eigenvalue weighted by Crippen LogP contribution is 2.38. The van der Waals surface area contributed by atoms with E-state index in [2.05, 4.69) is 25.6 Å². The van der Waals surface area contributed by atoms with Crippen molar-refractivity contribution >= 4 is 40.4 Å². The molecule has 2 heterocycles. The Bertz CT molecular complexity index is 907. The smallest absolute Gasteiger partial charge is 0.160 e. The van der Waals surface area contributed by atoms with Gasteiger partial charge in [-0.25, -0.2) is 15.0 Å². The van der Waals surface area contributed by atoms with Crippen molar-refractivity contribution in [3.05, 3.63) is 47.9 Å². The Morgan fingerprint density at radius 2 is 1.69 bits per heavy atom. The Balaban J connectivity index is 1.91. The number of pyridine rings is 1. The number of hydrogen-bond acceptors (Lipinski definition) is 8. The summed E-state index contributed by atoms with van der Waals surface area (Å²) in [7, 11) is 3.08. The summed E-state index contributed by atoms with van der Waals surface area (Å²) in [6, 6.07) is 8.83. The van der Waals surface area contributed by atoms with Crippen LogP contribution in [-0.2, 0) is 0 Å². The third kappa shape index (κ3) is 3.70. The number of anilines is 5. The molecule has 2 aromatic heterocycles. The van der Waals surface area contributed by atoms with Gasteiger partial charge in [-0.05, 0) is 18.2 Å². The van der Waals surface area contributed by atoms with Crippen LogP contribution in [0.5, 0.6) is 11.5 Å². The molecule has 3 rings (SSSR count). The number of halogens is 1. The number of rotatable bonds is 6. The van der Waals surface area contributed by atoms with E-state index in [1.807, 2.05) is 12.1 Å². The first-order chi connectivity index (χ1) is 12.6. The summed E-state index contributed by atoms with van der Waals surface area (Å²) in [4.78, 5) is 12.5. The Kier molecular flexibility index (Phi) is 5.23. The molecule has 0 saturated heterocycles. The minimum atomic E-state index is 0.326. The minimum Gasteiger partial charge on any atom is -0.495 e. The summed E-state index contributed by atoms with van der Waals surface area (Å²) >= 11 is 6.20. The van der Waals surface area contributed by atoms with Gasteiger partial charge in [0.25, 0.3) is 0 Å². The predicted octanol–water partition coefficient (Wildman–Crippen LogP) is 3.61. The zero-order valence-corrected chi connectivity index (χ0v) is 14.9. The zero-order valence-electron chi connectivity index (χ0n) is 14.2. The average molecular weight is 373 g/mol. The highest BCUT2D eigenvalue weighted by molar-refractivity contribution is 6.32. The van der Waals surface area contributed by atoms with Gasteiger partial charge in [0.2, 0.25) is 0 Å². The molecule has 0 saturated carbocycles. The first-order valence-corrected chi connectivity index (χ1v) is 7.97. The third-order valence-electron chi connectivity index (χ3n) is 3.52. The Morgan fingerprint density at radius 1 is 0.962 bits per heavy atom. The molecule has 0 atom stereocenters. The maximum atomic E-state index is 6.20. The van der Waals surface area contributed by atoms with Crippen LogP contribution in [0, 0.1) is 0 Å². The van der Waals surface area contributed by atoms with Gasteiger partial charge in [0.1, 0.15) is 29.3 Å². The largest absolute Gasteiger partial charge is 0.495 e. The van der Waals surface area contributed by atoms with Crippen LogP contribution in [-0.4, -0.2) is 29.2 Å². The van der Waals surface area contributed by atoms with Gasteiger partial charge >= 0.3 is 0 Å². The van der Waals surface area contributed by atoms with Crippen molar-refractivity contribution in [3.63, 3.8) is 0 Å². The standard InChI is InChI=1S/C17H17ClN6O2/c1-25-12-8-13(26-2)11(7-10(12)18)23-16-15(19)17(22-9-21-16)24-14-5-3-4-6-20-14/h3-9H,19H2,1-2H3,(H2,20,21,22,23,24). The second-order valence-electron chi connectivity index (χ2n) is 5.14. The van der Waals surface area contributed by atoms with Crippen LogP contribution in [0.4, 0.5) is 28.8 Å². The fraction of sp³-hybridized carbons (Fsp3) is 0.118. The zero-order chi connectivity index (χ0) is 18.5. The quantitative estimate of drug-likeness (QED) is 0.602. The molecule has 0 fully saturated rings. The summed E-state index contributed by atoms with van der Waals surface area (Å²) in [5.41, 5.74) is 7.10. The molecule has 0 aliphatic rings. The summed E-state index contributed by atoms with van der Waals surface area (Å²) in [5.74, 6) is 2.48. The Morgan fingerprint density at radius 3 is 2.35 bits per heavy atom. The highest BCUT2D eigenvalue weighted by Gasteiger charge is 2.14. The van der Waals surface area contributed by atoms with Crippen molar-refractivity contribution in [2.24, 2.45) is 0 Å². The summed E-state index contributed by atoms with van der Waals surface area (Å²) in [6.45, 7) is 0. The van der Waals surface area contributed by atoms with Crippen LogP contribution in [0.1, 0.15) is 0 Å². The molecule has 9 heteroatoms. The fourth-order valence-corrected chi connectivity index (χ4v) is 2.48. The van der Waals surface area contributed by atoms with Crippen LogP contribution in [0.25, 0.3) is 0 Å². The van der Waals surface area contributed by atoms with Gasteiger partial charge in [-0.1, -0.05) is 17.7 Å². The molecule has 0 unspecified atom stereocenters. The number of nitrogens with two attached hydrogens (primary N) is 1. The van der Waals surface area contributed by atoms with Crippen LogP contribution in [0.3, 0.4) is 0 Å². The van der Waals surface area contributed by atoms with Crippen LogP contribution in [0.2, 0.25) is 5.02 Å². The lowest BCUT2D eigenvalue weighted by atomic mass is 10.2. The van der Waals surface area contributed by atoms with Gasteiger partial charge in [0.05, 0.1) is 24.9 Å². The second kappa shape index (κ2) is 7.75. The maximum Gasteiger partial charge on any atom is 0.160 e. The highest BCUT2D eigenvalue weighted by atomic mass is 35.5. The number of hydrogen-bond donors (Lipinski definition) is 3. The van der Waals surface area contributed by atoms with E-state index < -0.39 is 0 Å².